The van der Waals surface area contributed by atoms with E-state index >= 15 is 0 Å². The predicted molar refractivity (Wildman–Crippen MR) is 84.1 cm³/mol. The quantitative estimate of drug-likeness (QED) is 0.585. The first-order chi connectivity index (χ1) is 10.2. The standard InChI is InChI=1S/C14H27N7/c1-4-15-14(17-10-13-18-11-19-20(13)3)16-9-12-7-6-8-21(12)5-2/h11-12H,4-10H2,1-3H3,(H2,15,16,17). The summed E-state index contributed by atoms with van der Waals surface area (Å²) in [6.45, 7) is 8.98. The molecule has 0 aromatic carbocycles. The van der Waals surface area contributed by atoms with E-state index in [1.54, 1.807) is 11.0 Å². The van der Waals surface area contributed by atoms with E-state index in [0.29, 0.717) is 12.6 Å². The molecule has 1 aromatic rings. The van der Waals surface area contributed by atoms with Crippen LogP contribution in [-0.2, 0) is 13.6 Å². The molecule has 0 saturated carbocycles. The highest BCUT2D eigenvalue weighted by atomic mass is 15.3. The maximum atomic E-state index is 4.58. The number of nitrogens with zero attached hydrogens (tertiary/aromatic N) is 5. The summed E-state index contributed by atoms with van der Waals surface area (Å²) in [5.74, 6) is 1.71. The van der Waals surface area contributed by atoms with Gasteiger partial charge in [-0.3, -0.25) is 9.58 Å². The fourth-order valence-electron chi connectivity index (χ4n) is 2.71. The van der Waals surface area contributed by atoms with Crippen LogP contribution in [0.15, 0.2) is 11.3 Å². The van der Waals surface area contributed by atoms with Gasteiger partial charge < -0.3 is 10.6 Å². The topological polar surface area (TPSA) is 70.4 Å². The first kappa shape index (κ1) is 15.8. The normalized spacial score (nSPS) is 20.0. The molecule has 7 heteroatoms. The highest BCUT2D eigenvalue weighted by molar-refractivity contribution is 5.79. The van der Waals surface area contributed by atoms with E-state index in [2.05, 4.69) is 44.5 Å². The Morgan fingerprint density at radius 1 is 1.43 bits per heavy atom. The number of aromatic nitrogens is 3. The molecule has 0 amide bonds. The molecule has 1 unspecified atom stereocenters. The van der Waals surface area contributed by atoms with Gasteiger partial charge in [-0.1, -0.05) is 6.92 Å². The Labute approximate surface area is 126 Å². The zero-order valence-corrected chi connectivity index (χ0v) is 13.3. The first-order valence-electron chi connectivity index (χ1n) is 7.83. The summed E-state index contributed by atoms with van der Waals surface area (Å²) in [7, 11) is 1.88. The average molecular weight is 293 g/mol. The molecule has 2 N–H and O–H groups in total. The van der Waals surface area contributed by atoms with Crippen molar-refractivity contribution in [2.75, 3.05) is 26.2 Å². The minimum atomic E-state index is 0.536. The maximum absolute atomic E-state index is 4.58. The van der Waals surface area contributed by atoms with Crippen LogP contribution in [0.4, 0.5) is 0 Å². The van der Waals surface area contributed by atoms with Gasteiger partial charge in [-0.05, 0) is 32.9 Å². The van der Waals surface area contributed by atoms with Crippen molar-refractivity contribution in [3.8, 4) is 0 Å². The number of likely N-dealkylation sites (N-methyl/N-ethyl adjacent to an activating group) is 1. The number of aliphatic imine (C=N–C) groups is 1. The Morgan fingerprint density at radius 3 is 2.95 bits per heavy atom. The zero-order chi connectivity index (χ0) is 15.1. The van der Waals surface area contributed by atoms with Crippen molar-refractivity contribution >= 4 is 5.96 Å². The van der Waals surface area contributed by atoms with E-state index in [9.17, 15) is 0 Å². The van der Waals surface area contributed by atoms with Crippen molar-refractivity contribution in [3.05, 3.63) is 12.2 Å². The molecule has 1 saturated heterocycles. The molecule has 1 aliphatic heterocycles. The van der Waals surface area contributed by atoms with Gasteiger partial charge in [-0.25, -0.2) is 9.98 Å². The van der Waals surface area contributed by atoms with Gasteiger partial charge in [0.15, 0.2) is 5.96 Å². The lowest BCUT2D eigenvalue weighted by Gasteiger charge is -2.23. The molecule has 7 nitrogen and oxygen atoms in total. The van der Waals surface area contributed by atoms with Crippen LogP contribution in [0.5, 0.6) is 0 Å². The van der Waals surface area contributed by atoms with Gasteiger partial charge in [0.05, 0.1) is 0 Å². The largest absolute Gasteiger partial charge is 0.357 e. The molecular weight excluding hydrogens is 266 g/mol. The molecule has 0 radical (unpaired) electrons. The molecule has 0 bridgehead atoms. The third kappa shape index (κ3) is 4.42. The lowest BCUT2D eigenvalue weighted by atomic mass is 10.2. The smallest absolute Gasteiger partial charge is 0.191 e. The summed E-state index contributed by atoms with van der Waals surface area (Å²) in [4.78, 5) is 11.3. The third-order valence-corrected chi connectivity index (χ3v) is 3.94. The number of guanidine groups is 1. The van der Waals surface area contributed by atoms with Crippen LogP contribution in [0.1, 0.15) is 32.5 Å². The molecule has 1 aromatic heterocycles. The summed E-state index contributed by atoms with van der Waals surface area (Å²) in [6, 6.07) is 0.619. The number of aryl methyl sites for hydroxylation is 1. The predicted octanol–water partition coefficient (Wildman–Crippen LogP) is 0.355. The van der Waals surface area contributed by atoms with Crippen LogP contribution >= 0.6 is 0 Å². The van der Waals surface area contributed by atoms with Crippen molar-refractivity contribution in [2.45, 2.75) is 39.3 Å². The molecule has 0 aliphatic carbocycles. The molecule has 2 heterocycles. The van der Waals surface area contributed by atoms with Gasteiger partial charge in [-0.2, -0.15) is 5.10 Å². The van der Waals surface area contributed by atoms with Crippen LogP contribution in [0.2, 0.25) is 0 Å². The van der Waals surface area contributed by atoms with Crippen molar-refractivity contribution < 1.29 is 0 Å². The van der Waals surface area contributed by atoms with Crippen molar-refractivity contribution in [2.24, 2.45) is 12.0 Å². The molecule has 2 rings (SSSR count). The second kappa shape index (κ2) is 7.97. The Balaban J connectivity index is 1.88. The fourth-order valence-corrected chi connectivity index (χ4v) is 2.71. The Kier molecular flexibility index (Phi) is 5.98. The summed E-state index contributed by atoms with van der Waals surface area (Å²) in [5.41, 5.74) is 0. The van der Waals surface area contributed by atoms with Gasteiger partial charge in [0.25, 0.3) is 0 Å². The molecule has 118 valence electrons. The van der Waals surface area contributed by atoms with Gasteiger partial charge in [0.1, 0.15) is 18.7 Å². The van der Waals surface area contributed by atoms with Crippen molar-refractivity contribution in [1.29, 1.82) is 0 Å². The number of hydrogen-bond acceptors (Lipinski definition) is 4. The maximum Gasteiger partial charge on any atom is 0.191 e. The molecule has 1 aliphatic rings. The summed E-state index contributed by atoms with van der Waals surface area (Å²) in [6.07, 6.45) is 4.12. The number of hydrogen-bond donors (Lipinski definition) is 2. The molecular formula is C14H27N7. The highest BCUT2D eigenvalue weighted by Crippen LogP contribution is 2.15. The van der Waals surface area contributed by atoms with Crippen LogP contribution in [0.25, 0.3) is 0 Å². The van der Waals surface area contributed by atoms with Crippen LogP contribution < -0.4 is 10.6 Å². The Hall–Kier alpha value is -1.63. The van der Waals surface area contributed by atoms with Crippen LogP contribution in [0, 0.1) is 0 Å². The molecule has 1 fully saturated rings. The lowest BCUT2D eigenvalue weighted by Crippen LogP contribution is -2.44. The van der Waals surface area contributed by atoms with Gasteiger partial charge in [-0.15, -0.1) is 0 Å². The summed E-state index contributed by atoms with van der Waals surface area (Å²) < 4.78 is 1.75. The Bertz CT molecular complexity index is 454. The second-order valence-electron chi connectivity index (χ2n) is 5.30. The molecule has 1 atom stereocenters. The van der Waals surface area contributed by atoms with E-state index in [0.717, 1.165) is 31.4 Å². The average Bonchev–Trinajstić information content (AvgIpc) is 3.10. The Morgan fingerprint density at radius 2 is 2.29 bits per heavy atom. The second-order valence-corrected chi connectivity index (χ2v) is 5.30. The highest BCUT2D eigenvalue weighted by Gasteiger charge is 2.22. The fraction of sp³-hybridized carbons (Fsp3) is 0.786. The lowest BCUT2D eigenvalue weighted by molar-refractivity contribution is 0.267. The SMILES string of the molecule is CCNC(=NCc1ncnn1C)NCC1CCCN1CC. The van der Waals surface area contributed by atoms with Gasteiger partial charge in [0.2, 0.25) is 0 Å². The number of rotatable bonds is 6. The van der Waals surface area contributed by atoms with E-state index < -0.39 is 0 Å². The monoisotopic (exact) mass is 293 g/mol. The van der Waals surface area contributed by atoms with E-state index in [-0.39, 0.29) is 0 Å². The molecule has 0 spiro atoms. The van der Waals surface area contributed by atoms with E-state index in [1.807, 2.05) is 7.05 Å². The number of likely N-dealkylation sites (tertiary alicyclic amines) is 1. The molecule has 21 heavy (non-hydrogen) atoms. The summed E-state index contributed by atoms with van der Waals surface area (Å²) >= 11 is 0. The van der Waals surface area contributed by atoms with Gasteiger partial charge >= 0.3 is 0 Å². The number of nitrogens with one attached hydrogen (secondary N) is 2. The minimum absolute atomic E-state index is 0.536. The van der Waals surface area contributed by atoms with Crippen molar-refractivity contribution in [3.63, 3.8) is 0 Å². The summed E-state index contributed by atoms with van der Waals surface area (Å²) in [5, 5.41) is 10.8. The minimum Gasteiger partial charge on any atom is -0.357 e. The van der Waals surface area contributed by atoms with Crippen molar-refractivity contribution in [1.82, 2.24) is 30.3 Å². The van der Waals surface area contributed by atoms with E-state index in [4.69, 9.17) is 0 Å². The first-order valence-corrected chi connectivity index (χ1v) is 7.83. The third-order valence-electron chi connectivity index (χ3n) is 3.94. The van der Waals surface area contributed by atoms with Gasteiger partial charge in [0, 0.05) is 26.2 Å². The van der Waals surface area contributed by atoms with Crippen LogP contribution in [0.3, 0.4) is 0 Å². The van der Waals surface area contributed by atoms with E-state index in [1.165, 1.54) is 19.4 Å². The van der Waals surface area contributed by atoms with Crippen LogP contribution in [-0.4, -0.2) is 57.8 Å². The zero-order valence-electron chi connectivity index (χ0n) is 13.3.